The Balaban J connectivity index is 0.00000180. The summed E-state index contributed by atoms with van der Waals surface area (Å²) in [5.74, 6) is -0.0114. The molecule has 0 aliphatic heterocycles. The first kappa shape index (κ1) is 15.3. The summed E-state index contributed by atoms with van der Waals surface area (Å²) in [5, 5.41) is 0. The molecule has 2 aromatic carbocycles. The Labute approximate surface area is 127 Å². The smallest absolute Gasteiger partial charge is 0.178 e. The minimum absolute atomic E-state index is 0. The molecular weight excluding hydrogens is 415 g/mol. The number of rotatable bonds is 4. The molecule has 19 heavy (non-hydrogen) atoms. The van der Waals surface area contributed by atoms with Crippen molar-refractivity contribution in [3.05, 3.63) is 83.9 Å². The quantitative estimate of drug-likeness (QED) is 0.673. The van der Waals surface area contributed by atoms with Crippen molar-refractivity contribution in [1.29, 1.82) is 0 Å². The summed E-state index contributed by atoms with van der Waals surface area (Å²) in [6.45, 7) is 0. The van der Waals surface area contributed by atoms with Gasteiger partial charge in [-0.1, -0.05) is 72.8 Å². The van der Waals surface area contributed by atoms with Crippen molar-refractivity contribution in [3.8, 4) is 0 Å². The van der Waals surface area contributed by atoms with Gasteiger partial charge in [0.2, 0.25) is 0 Å². The molecule has 2 heteroatoms. The van der Waals surface area contributed by atoms with Crippen LogP contribution in [0, 0.1) is 0 Å². The Bertz CT molecular complexity index is 505. The van der Waals surface area contributed by atoms with E-state index in [1.165, 1.54) is 0 Å². The van der Waals surface area contributed by atoms with Gasteiger partial charge in [0.15, 0.2) is 5.78 Å². The molecule has 0 amide bonds. The van der Waals surface area contributed by atoms with Crippen molar-refractivity contribution >= 4 is 17.9 Å². The third-order valence-electron chi connectivity index (χ3n) is 2.48. The molecule has 0 atom stereocenters. The maximum atomic E-state index is 11.6. The molecule has 0 unspecified atom stereocenters. The minimum Gasteiger partial charge on any atom is -0.290 e. The summed E-state index contributed by atoms with van der Waals surface area (Å²) < 4.78 is 0. The molecule has 1 nitrogen and oxygen atoms in total. The van der Waals surface area contributed by atoms with Crippen molar-refractivity contribution in [2.24, 2.45) is 0 Å². The summed E-state index contributed by atoms with van der Waals surface area (Å²) in [6.07, 6.45) is 6.79. The van der Waals surface area contributed by atoms with Gasteiger partial charge in [0.05, 0.1) is 0 Å². The molecule has 0 spiro atoms. The normalized spacial score (nSPS) is 10.5. The molecule has 98 valence electrons. The molecular formula is C17H14OPt. The Kier molecular flexibility index (Phi) is 6.77. The van der Waals surface area contributed by atoms with Crippen LogP contribution in [-0.4, -0.2) is 5.78 Å². The average molecular weight is 429 g/mol. The zero-order valence-corrected chi connectivity index (χ0v) is 12.6. The van der Waals surface area contributed by atoms with Gasteiger partial charge in [0.25, 0.3) is 0 Å². The molecule has 0 radical (unpaired) electrons. The SMILES string of the molecule is O=C(C=Cc1ccccc1)C=Cc1ccccc1.[Pt]. The third kappa shape index (κ3) is 5.63. The first-order chi connectivity index (χ1) is 8.84. The van der Waals surface area contributed by atoms with Crippen molar-refractivity contribution in [2.45, 2.75) is 0 Å². The van der Waals surface area contributed by atoms with E-state index in [0.717, 1.165) is 11.1 Å². The number of benzene rings is 2. The molecule has 0 heterocycles. The third-order valence-corrected chi connectivity index (χ3v) is 2.48. The van der Waals surface area contributed by atoms with Crippen LogP contribution in [0.3, 0.4) is 0 Å². The summed E-state index contributed by atoms with van der Waals surface area (Å²) in [4.78, 5) is 11.6. The van der Waals surface area contributed by atoms with E-state index in [1.54, 1.807) is 12.2 Å². The predicted molar refractivity (Wildman–Crippen MR) is 76.0 cm³/mol. The predicted octanol–water partition coefficient (Wildman–Crippen LogP) is 3.98. The van der Waals surface area contributed by atoms with Crippen LogP contribution in [-0.2, 0) is 25.9 Å². The fourth-order valence-electron chi connectivity index (χ4n) is 1.54. The van der Waals surface area contributed by atoms with Crippen LogP contribution in [0.2, 0.25) is 0 Å². The second-order valence-electron chi connectivity index (χ2n) is 3.89. The molecule has 0 aliphatic carbocycles. The zero-order valence-electron chi connectivity index (χ0n) is 10.3. The van der Waals surface area contributed by atoms with E-state index in [-0.39, 0.29) is 26.8 Å². The second kappa shape index (κ2) is 8.39. The number of ketones is 1. The Morgan fingerprint density at radius 2 is 1.05 bits per heavy atom. The second-order valence-corrected chi connectivity index (χ2v) is 3.89. The van der Waals surface area contributed by atoms with E-state index in [4.69, 9.17) is 0 Å². The van der Waals surface area contributed by atoms with Gasteiger partial charge in [-0.3, -0.25) is 4.79 Å². The number of allylic oxidation sites excluding steroid dienone is 2. The topological polar surface area (TPSA) is 17.1 Å². The number of carbonyl (C=O) groups is 1. The molecule has 0 aliphatic rings. The fourth-order valence-corrected chi connectivity index (χ4v) is 1.54. The van der Waals surface area contributed by atoms with Crippen molar-refractivity contribution in [1.82, 2.24) is 0 Å². The molecule has 0 saturated heterocycles. The van der Waals surface area contributed by atoms with Crippen LogP contribution in [0.25, 0.3) is 12.2 Å². The molecule has 0 bridgehead atoms. The molecule has 0 fully saturated rings. The molecule has 0 saturated carbocycles. The average Bonchev–Trinajstić information content (AvgIpc) is 2.45. The van der Waals surface area contributed by atoms with Crippen LogP contribution < -0.4 is 0 Å². The first-order valence-corrected chi connectivity index (χ1v) is 5.85. The van der Waals surface area contributed by atoms with Gasteiger partial charge in [0, 0.05) is 21.1 Å². The fraction of sp³-hybridized carbons (Fsp3) is 0. The minimum atomic E-state index is -0.0114. The number of carbonyl (C=O) groups excluding carboxylic acids is 1. The number of hydrogen-bond donors (Lipinski definition) is 0. The monoisotopic (exact) mass is 429 g/mol. The van der Waals surface area contributed by atoms with E-state index >= 15 is 0 Å². The summed E-state index contributed by atoms with van der Waals surface area (Å²) in [5.41, 5.74) is 2.05. The standard InChI is InChI=1S/C17H14O.Pt/c18-17(13-11-15-7-3-1-4-8-15)14-12-16-9-5-2-6-10-16;/h1-14H;. The van der Waals surface area contributed by atoms with Crippen molar-refractivity contribution in [2.75, 3.05) is 0 Å². The van der Waals surface area contributed by atoms with Crippen molar-refractivity contribution in [3.63, 3.8) is 0 Å². The van der Waals surface area contributed by atoms with Crippen LogP contribution in [0.1, 0.15) is 11.1 Å². The number of hydrogen-bond acceptors (Lipinski definition) is 1. The van der Waals surface area contributed by atoms with Crippen LogP contribution >= 0.6 is 0 Å². The van der Waals surface area contributed by atoms with E-state index < -0.39 is 0 Å². The van der Waals surface area contributed by atoms with Crippen LogP contribution in [0.15, 0.2) is 72.8 Å². The van der Waals surface area contributed by atoms with E-state index in [2.05, 4.69) is 0 Å². The molecule has 0 aromatic heterocycles. The molecule has 2 rings (SSSR count). The summed E-state index contributed by atoms with van der Waals surface area (Å²) in [7, 11) is 0. The maximum Gasteiger partial charge on any atom is 0.178 e. The Morgan fingerprint density at radius 3 is 1.42 bits per heavy atom. The van der Waals surface area contributed by atoms with Gasteiger partial charge in [-0.25, -0.2) is 0 Å². The van der Waals surface area contributed by atoms with Crippen LogP contribution in [0.5, 0.6) is 0 Å². The Morgan fingerprint density at radius 1 is 0.684 bits per heavy atom. The van der Waals surface area contributed by atoms with Gasteiger partial charge >= 0.3 is 0 Å². The first-order valence-electron chi connectivity index (χ1n) is 5.85. The van der Waals surface area contributed by atoms with E-state index in [9.17, 15) is 4.79 Å². The van der Waals surface area contributed by atoms with Gasteiger partial charge in [0.1, 0.15) is 0 Å². The summed E-state index contributed by atoms with van der Waals surface area (Å²) in [6, 6.07) is 19.6. The van der Waals surface area contributed by atoms with Gasteiger partial charge < -0.3 is 0 Å². The molecule has 2 aromatic rings. The largest absolute Gasteiger partial charge is 0.290 e. The summed E-state index contributed by atoms with van der Waals surface area (Å²) >= 11 is 0. The maximum absolute atomic E-state index is 11.6. The molecule has 0 N–H and O–H groups in total. The van der Waals surface area contributed by atoms with Gasteiger partial charge in [-0.05, 0) is 23.3 Å². The zero-order chi connectivity index (χ0) is 12.6. The van der Waals surface area contributed by atoms with Crippen LogP contribution in [0.4, 0.5) is 0 Å². The van der Waals surface area contributed by atoms with Crippen molar-refractivity contribution < 1.29 is 25.9 Å². The Hall–Kier alpha value is -1.72. The van der Waals surface area contributed by atoms with E-state index in [0.29, 0.717) is 0 Å². The van der Waals surface area contributed by atoms with Gasteiger partial charge in [-0.2, -0.15) is 0 Å². The van der Waals surface area contributed by atoms with Gasteiger partial charge in [-0.15, -0.1) is 0 Å². The van der Waals surface area contributed by atoms with E-state index in [1.807, 2.05) is 72.8 Å².